The fraction of sp³-hybridized carbons (Fsp3) is 0.857. The predicted molar refractivity (Wildman–Crippen MR) is 73.8 cm³/mol. The molecule has 2 amide bonds. The second-order valence-electron chi connectivity index (χ2n) is 6.17. The zero-order valence-electron chi connectivity index (χ0n) is 12.7. The number of hydrogen-bond acceptors (Lipinski definition) is 3. The van der Waals surface area contributed by atoms with Gasteiger partial charge in [0.2, 0.25) is 5.91 Å². The first kappa shape index (κ1) is 15.8. The number of methoxy groups -OCH3 is 1. The van der Waals surface area contributed by atoms with E-state index in [-0.39, 0.29) is 11.3 Å². The molecule has 0 saturated carbocycles. The highest BCUT2D eigenvalue weighted by Crippen LogP contribution is 2.26. The van der Waals surface area contributed by atoms with Gasteiger partial charge in [-0.1, -0.05) is 27.7 Å². The summed E-state index contributed by atoms with van der Waals surface area (Å²) in [7, 11) is 1.31. The first-order valence-electron chi connectivity index (χ1n) is 6.96. The highest BCUT2D eigenvalue weighted by Gasteiger charge is 2.39. The van der Waals surface area contributed by atoms with Crippen molar-refractivity contribution in [3.8, 4) is 0 Å². The fourth-order valence-electron chi connectivity index (χ4n) is 2.54. The molecule has 0 bridgehead atoms. The lowest BCUT2D eigenvalue weighted by molar-refractivity contribution is -0.136. The molecule has 0 unspecified atom stereocenters. The standard InChI is InChI=1S/C14H26N2O3/c1-6-10-8-7-9-16(10)12(17)11(14(2,3)4)15-13(18)19-5/h10-11H,6-9H2,1-5H3,(H,15,18)/t10-,11-/m1/s1. The van der Waals surface area contributed by atoms with Crippen LogP contribution in [-0.4, -0.2) is 42.6 Å². The van der Waals surface area contributed by atoms with Gasteiger partial charge in [-0.05, 0) is 24.7 Å². The van der Waals surface area contributed by atoms with E-state index in [0.29, 0.717) is 6.04 Å². The van der Waals surface area contributed by atoms with Crippen molar-refractivity contribution in [2.24, 2.45) is 5.41 Å². The monoisotopic (exact) mass is 270 g/mol. The first-order chi connectivity index (χ1) is 8.81. The average molecular weight is 270 g/mol. The van der Waals surface area contributed by atoms with Crippen molar-refractivity contribution >= 4 is 12.0 Å². The Morgan fingerprint density at radius 3 is 2.53 bits per heavy atom. The zero-order chi connectivity index (χ0) is 14.6. The van der Waals surface area contributed by atoms with Crippen LogP contribution in [0.3, 0.4) is 0 Å². The molecule has 1 rings (SSSR count). The molecule has 0 aromatic carbocycles. The minimum absolute atomic E-state index is 0.00208. The van der Waals surface area contributed by atoms with Crippen LogP contribution in [0.1, 0.15) is 47.0 Å². The van der Waals surface area contributed by atoms with Crippen LogP contribution in [0.2, 0.25) is 0 Å². The van der Waals surface area contributed by atoms with Gasteiger partial charge in [0.1, 0.15) is 6.04 Å². The molecule has 0 aromatic heterocycles. The lowest BCUT2D eigenvalue weighted by Gasteiger charge is -2.35. The quantitative estimate of drug-likeness (QED) is 0.855. The largest absolute Gasteiger partial charge is 0.453 e. The number of likely N-dealkylation sites (tertiary alicyclic amines) is 1. The lowest BCUT2D eigenvalue weighted by atomic mass is 9.85. The third kappa shape index (κ3) is 3.85. The van der Waals surface area contributed by atoms with Crippen molar-refractivity contribution in [3.63, 3.8) is 0 Å². The van der Waals surface area contributed by atoms with Crippen molar-refractivity contribution in [2.45, 2.75) is 59.0 Å². The van der Waals surface area contributed by atoms with E-state index in [2.05, 4.69) is 17.0 Å². The number of carbonyl (C=O) groups excluding carboxylic acids is 2. The number of hydrogen-bond donors (Lipinski definition) is 1. The summed E-state index contributed by atoms with van der Waals surface area (Å²) in [6.07, 6.45) is 2.50. The molecule has 0 aromatic rings. The van der Waals surface area contributed by atoms with Gasteiger partial charge in [0.25, 0.3) is 0 Å². The summed E-state index contributed by atoms with van der Waals surface area (Å²) < 4.78 is 4.62. The lowest BCUT2D eigenvalue weighted by Crippen LogP contribution is -2.55. The van der Waals surface area contributed by atoms with Crippen LogP contribution in [0.4, 0.5) is 4.79 Å². The summed E-state index contributed by atoms with van der Waals surface area (Å²) in [6.45, 7) is 8.72. The van der Waals surface area contributed by atoms with Gasteiger partial charge in [0, 0.05) is 12.6 Å². The maximum absolute atomic E-state index is 12.7. The molecule has 1 aliphatic rings. The molecule has 0 radical (unpaired) electrons. The summed E-state index contributed by atoms with van der Waals surface area (Å²) in [5, 5.41) is 2.68. The molecule has 0 spiro atoms. The molecule has 5 heteroatoms. The summed E-state index contributed by atoms with van der Waals surface area (Å²) in [5.74, 6) is 0.00208. The van der Waals surface area contributed by atoms with Crippen molar-refractivity contribution in [3.05, 3.63) is 0 Å². The van der Waals surface area contributed by atoms with E-state index in [4.69, 9.17) is 0 Å². The number of rotatable bonds is 3. The third-order valence-electron chi connectivity index (χ3n) is 3.69. The summed E-state index contributed by atoms with van der Waals surface area (Å²) >= 11 is 0. The Bertz CT molecular complexity index is 336. The number of nitrogens with zero attached hydrogens (tertiary/aromatic N) is 1. The molecule has 1 heterocycles. The molecule has 1 N–H and O–H groups in total. The zero-order valence-corrected chi connectivity index (χ0v) is 12.7. The highest BCUT2D eigenvalue weighted by molar-refractivity contribution is 5.86. The van der Waals surface area contributed by atoms with Crippen LogP contribution >= 0.6 is 0 Å². The van der Waals surface area contributed by atoms with Crippen molar-refractivity contribution < 1.29 is 14.3 Å². The normalized spacial score (nSPS) is 21.1. The molecule has 5 nitrogen and oxygen atoms in total. The van der Waals surface area contributed by atoms with E-state index >= 15 is 0 Å². The molecule has 0 aliphatic carbocycles. The van der Waals surface area contributed by atoms with E-state index in [0.717, 1.165) is 25.8 Å². The minimum Gasteiger partial charge on any atom is -0.453 e. The minimum atomic E-state index is -0.555. The Labute approximate surface area is 115 Å². The Hall–Kier alpha value is -1.26. The van der Waals surface area contributed by atoms with Crippen LogP contribution in [0.15, 0.2) is 0 Å². The van der Waals surface area contributed by atoms with Crippen molar-refractivity contribution in [2.75, 3.05) is 13.7 Å². The maximum Gasteiger partial charge on any atom is 0.407 e. The van der Waals surface area contributed by atoms with E-state index in [1.54, 1.807) is 0 Å². The van der Waals surface area contributed by atoms with E-state index in [1.165, 1.54) is 7.11 Å². The van der Waals surface area contributed by atoms with Gasteiger partial charge in [0.15, 0.2) is 0 Å². The SMILES string of the molecule is CC[C@@H]1CCCN1C(=O)[C@@H](NC(=O)OC)C(C)(C)C. The molecular weight excluding hydrogens is 244 g/mol. The first-order valence-corrected chi connectivity index (χ1v) is 6.96. The van der Waals surface area contributed by atoms with Crippen LogP contribution in [0, 0.1) is 5.41 Å². The molecule has 2 atom stereocenters. The Kier molecular flexibility index (Phi) is 5.20. The topological polar surface area (TPSA) is 58.6 Å². The molecule has 1 saturated heterocycles. The Morgan fingerprint density at radius 2 is 2.05 bits per heavy atom. The van der Waals surface area contributed by atoms with E-state index in [1.807, 2.05) is 25.7 Å². The van der Waals surface area contributed by atoms with Gasteiger partial charge < -0.3 is 15.0 Å². The third-order valence-corrected chi connectivity index (χ3v) is 3.69. The van der Waals surface area contributed by atoms with E-state index < -0.39 is 12.1 Å². The Morgan fingerprint density at radius 1 is 1.42 bits per heavy atom. The summed E-state index contributed by atoms with van der Waals surface area (Å²) in [5.41, 5.74) is -0.341. The number of amides is 2. The predicted octanol–water partition coefficient (Wildman–Crippen LogP) is 2.16. The van der Waals surface area contributed by atoms with Gasteiger partial charge in [-0.3, -0.25) is 4.79 Å². The fourth-order valence-corrected chi connectivity index (χ4v) is 2.54. The smallest absolute Gasteiger partial charge is 0.407 e. The number of nitrogens with one attached hydrogen (secondary N) is 1. The molecular formula is C14H26N2O3. The maximum atomic E-state index is 12.7. The van der Waals surface area contributed by atoms with Crippen LogP contribution < -0.4 is 5.32 Å². The second kappa shape index (κ2) is 6.26. The van der Waals surface area contributed by atoms with Crippen LogP contribution in [0.5, 0.6) is 0 Å². The average Bonchev–Trinajstić information content (AvgIpc) is 2.81. The number of carbonyl (C=O) groups is 2. The van der Waals surface area contributed by atoms with Crippen molar-refractivity contribution in [1.29, 1.82) is 0 Å². The van der Waals surface area contributed by atoms with Crippen molar-refractivity contribution in [1.82, 2.24) is 10.2 Å². The molecule has 1 aliphatic heterocycles. The molecule has 1 fully saturated rings. The van der Waals surface area contributed by atoms with Gasteiger partial charge >= 0.3 is 6.09 Å². The summed E-state index contributed by atoms with van der Waals surface area (Å²) in [6, 6.07) is -0.246. The number of ether oxygens (including phenoxy) is 1. The summed E-state index contributed by atoms with van der Waals surface area (Å²) in [4.78, 5) is 26.0. The second-order valence-corrected chi connectivity index (χ2v) is 6.17. The van der Waals surface area contributed by atoms with Crippen LogP contribution in [0.25, 0.3) is 0 Å². The highest BCUT2D eigenvalue weighted by atomic mass is 16.5. The van der Waals surface area contributed by atoms with Gasteiger partial charge in [0.05, 0.1) is 7.11 Å². The molecule has 19 heavy (non-hydrogen) atoms. The number of alkyl carbamates (subject to hydrolysis) is 1. The van der Waals surface area contributed by atoms with Gasteiger partial charge in [-0.25, -0.2) is 4.79 Å². The van der Waals surface area contributed by atoms with Gasteiger partial charge in [-0.2, -0.15) is 0 Å². The Balaban J connectivity index is 2.85. The van der Waals surface area contributed by atoms with E-state index in [9.17, 15) is 9.59 Å². The molecule has 110 valence electrons. The van der Waals surface area contributed by atoms with Gasteiger partial charge in [-0.15, -0.1) is 0 Å². The van der Waals surface area contributed by atoms with Crippen LogP contribution in [-0.2, 0) is 9.53 Å².